The molecule has 0 spiro atoms. The lowest BCUT2D eigenvalue weighted by atomic mass is 9.95. The Balaban J connectivity index is 4.61. The van der Waals surface area contributed by atoms with E-state index in [4.69, 9.17) is 5.73 Å². The predicted octanol–water partition coefficient (Wildman–Crippen LogP) is 3.29. The molecule has 0 aromatic carbocycles. The van der Waals surface area contributed by atoms with Gasteiger partial charge in [0.05, 0.1) is 0 Å². The van der Waals surface area contributed by atoms with E-state index < -0.39 is 0 Å². The lowest BCUT2D eigenvalue weighted by molar-refractivity contribution is 0.309. The molecule has 0 bridgehead atoms. The molecule has 16 heavy (non-hydrogen) atoms. The van der Waals surface area contributed by atoms with Crippen LogP contribution < -0.4 is 5.73 Å². The van der Waals surface area contributed by atoms with Crippen molar-refractivity contribution < 1.29 is 0 Å². The quantitative estimate of drug-likeness (QED) is 0.670. The fourth-order valence-corrected chi connectivity index (χ4v) is 1.68. The highest BCUT2D eigenvalue weighted by Gasteiger charge is 2.18. The molecule has 0 aromatic heterocycles. The molecule has 0 heterocycles. The highest BCUT2D eigenvalue weighted by molar-refractivity contribution is 5.10. The van der Waals surface area contributed by atoms with Crippen LogP contribution in [0.5, 0.6) is 0 Å². The van der Waals surface area contributed by atoms with E-state index in [0.29, 0.717) is 12.0 Å². The Morgan fingerprint density at radius 1 is 1.31 bits per heavy atom. The van der Waals surface area contributed by atoms with Crippen LogP contribution in [0.15, 0.2) is 36.7 Å². The Bertz CT molecular complexity index is 274. The summed E-state index contributed by atoms with van der Waals surface area (Å²) in [5.41, 5.74) is 8.66. The van der Waals surface area contributed by atoms with Crippen LogP contribution >= 0.6 is 0 Å². The molecule has 2 nitrogen and oxygen atoms in total. The first-order valence-corrected chi connectivity index (χ1v) is 5.81. The van der Waals surface area contributed by atoms with Crippen molar-refractivity contribution in [2.24, 2.45) is 11.7 Å². The Morgan fingerprint density at radius 3 is 2.12 bits per heavy atom. The number of likely N-dealkylation sites (N-methyl/N-ethyl adjacent to an activating group) is 1. The Hall–Kier alpha value is -1.18. The number of nitrogens with two attached hydrogens (primary N) is 1. The zero-order chi connectivity index (χ0) is 12.9. The van der Waals surface area contributed by atoms with Crippen molar-refractivity contribution in [3.8, 4) is 0 Å². The zero-order valence-corrected chi connectivity index (χ0v) is 11.2. The normalized spacial score (nSPS) is 14.0. The van der Waals surface area contributed by atoms with Crippen LogP contribution in [0, 0.1) is 5.92 Å². The summed E-state index contributed by atoms with van der Waals surface area (Å²) in [4.78, 5) is 2.18. The monoisotopic (exact) mass is 222 g/mol. The first-order valence-electron chi connectivity index (χ1n) is 5.81. The largest absolute Gasteiger partial charge is 0.402 e. The summed E-state index contributed by atoms with van der Waals surface area (Å²) in [7, 11) is 2.06. The Kier molecular flexibility index (Phi) is 5.94. The van der Waals surface area contributed by atoms with Gasteiger partial charge in [0.1, 0.15) is 0 Å². The summed E-state index contributed by atoms with van der Waals surface area (Å²) in [5.74, 6) is 0.379. The topological polar surface area (TPSA) is 29.3 Å². The molecule has 0 saturated carbocycles. The molecule has 92 valence electrons. The minimum Gasteiger partial charge on any atom is -0.402 e. The van der Waals surface area contributed by atoms with Gasteiger partial charge in [-0.25, -0.2) is 0 Å². The summed E-state index contributed by atoms with van der Waals surface area (Å²) in [6, 6.07) is 0.313. The molecule has 2 N–H and O–H groups in total. The van der Waals surface area contributed by atoms with Gasteiger partial charge in [-0.05, 0) is 26.7 Å². The van der Waals surface area contributed by atoms with E-state index >= 15 is 0 Å². The van der Waals surface area contributed by atoms with Crippen LogP contribution in [0.25, 0.3) is 0 Å². The van der Waals surface area contributed by atoms with Crippen molar-refractivity contribution in [3.05, 3.63) is 36.7 Å². The predicted molar refractivity (Wildman–Crippen MR) is 72.9 cm³/mol. The highest BCUT2D eigenvalue weighted by atomic mass is 15.1. The van der Waals surface area contributed by atoms with Crippen molar-refractivity contribution >= 4 is 0 Å². The first-order chi connectivity index (χ1) is 7.31. The fourth-order valence-electron chi connectivity index (χ4n) is 1.68. The van der Waals surface area contributed by atoms with Gasteiger partial charge in [0.2, 0.25) is 0 Å². The van der Waals surface area contributed by atoms with Crippen molar-refractivity contribution in [1.82, 2.24) is 4.90 Å². The second kappa shape index (κ2) is 6.41. The maximum absolute atomic E-state index is 5.67. The molecule has 0 aliphatic carbocycles. The molecule has 0 saturated heterocycles. The molecule has 0 aliphatic heterocycles. The third-order valence-corrected chi connectivity index (χ3v) is 3.22. The van der Waals surface area contributed by atoms with Gasteiger partial charge in [0, 0.05) is 30.4 Å². The van der Waals surface area contributed by atoms with Gasteiger partial charge in [-0.1, -0.05) is 32.2 Å². The van der Waals surface area contributed by atoms with Crippen LogP contribution in [0.1, 0.15) is 33.6 Å². The number of allylic oxidation sites excluding steroid dienone is 2. The van der Waals surface area contributed by atoms with Gasteiger partial charge in [0.25, 0.3) is 0 Å². The second-order valence-electron chi connectivity index (χ2n) is 4.59. The van der Waals surface area contributed by atoms with E-state index in [0.717, 1.165) is 29.8 Å². The zero-order valence-electron chi connectivity index (χ0n) is 11.2. The van der Waals surface area contributed by atoms with E-state index in [1.807, 2.05) is 6.92 Å². The van der Waals surface area contributed by atoms with E-state index in [9.17, 15) is 0 Å². The average Bonchev–Trinajstić information content (AvgIpc) is 2.22. The third-order valence-electron chi connectivity index (χ3n) is 3.22. The van der Waals surface area contributed by atoms with Crippen LogP contribution in [-0.4, -0.2) is 18.0 Å². The summed E-state index contributed by atoms with van der Waals surface area (Å²) < 4.78 is 0. The Labute approximate surface area is 101 Å². The van der Waals surface area contributed by atoms with Crippen molar-refractivity contribution in [1.29, 1.82) is 0 Å². The first kappa shape index (κ1) is 14.8. The highest BCUT2D eigenvalue weighted by Crippen LogP contribution is 2.24. The number of hydrogen-bond acceptors (Lipinski definition) is 2. The summed E-state index contributed by atoms with van der Waals surface area (Å²) in [6.45, 7) is 18.2. The van der Waals surface area contributed by atoms with Gasteiger partial charge in [-0.3, -0.25) is 0 Å². The standard InChI is InChI=1S/C14H26N2/c1-8-14(9-11(4)15)13(6)16(7)12(5)10(2)3/h12,14H,2,4,6,8-9,15H2,1,3,5,7H3. The molecule has 2 heteroatoms. The van der Waals surface area contributed by atoms with Gasteiger partial charge in [0.15, 0.2) is 0 Å². The summed E-state index contributed by atoms with van der Waals surface area (Å²) in [5, 5.41) is 0. The molecular formula is C14H26N2. The smallest absolute Gasteiger partial charge is 0.0462 e. The lowest BCUT2D eigenvalue weighted by Gasteiger charge is -2.33. The molecule has 0 aliphatic rings. The SMILES string of the molecule is C=C(N)CC(CC)C(=C)N(C)C(C)C(=C)C. The van der Waals surface area contributed by atoms with E-state index in [1.165, 1.54) is 0 Å². The minimum absolute atomic E-state index is 0.313. The fraction of sp³-hybridized carbons (Fsp3) is 0.571. The number of hydrogen-bond donors (Lipinski definition) is 1. The van der Waals surface area contributed by atoms with E-state index in [2.05, 4.69) is 45.5 Å². The van der Waals surface area contributed by atoms with Crippen molar-refractivity contribution in [2.75, 3.05) is 7.05 Å². The van der Waals surface area contributed by atoms with Crippen LogP contribution in [0.4, 0.5) is 0 Å². The molecule has 0 rings (SSSR count). The molecule has 2 unspecified atom stereocenters. The molecule has 0 fully saturated rings. The second-order valence-corrected chi connectivity index (χ2v) is 4.59. The van der Waals surface area contributed by atoms with E-state index in [-0.39, 0.29) is 0 Å². The minimum atomic E-state index is 0.313. The maximum Gasteiger partial charge on any atom is 0.0462 e. The van der Waals surface area contributed by atoms with Gasteiger partial charge < -0.3 is 10.6 Å². The maximum atomic E-state index is 5.67. The van der Waals surface area contributed by atoms with E-state index in [1.54, 1.807) is 0 Å². The van der Waals surface area contributed by atoms with Crippen LogP contribution in [0.2, 0.25) is 0 Å². The molecule has 0 radical (unpaired) electrons. The molecule has 2 atom stereocenters. The third kappa shape index (κ3) is 4.13. The number of rotatable bonds is 7. The summed E-state index contributed by atoms with van der Waals surface area (Å²) >= 11 is 0. The van der Waals surface area contributed by atoms with Gasteiger partial charge >= 0.3 is 0 Å². The Morgan fingerprint density at radius 2 is 1.81 bits per heavy atom. The lowest BCUT2D eigenvalue weighted by Crippen LogP contribution is -2.32. The number of nitrogens with zero attached hydrogens (tertiary/aromatic N) is 1. The molecule has 0 amide bonds. The van der Waals surface area contributed by atoms with Crippen molar-refractivity contribution in [2.45, 2.75) is 39.7 Å². The van der Waals surface area contributed by atoms with Gasteiger partial charge in [-0.2, -0.15) is 0 Å². The van der Waals surface area contributed by atoms with Crippen molar-refractivity contribution in [3.63, 3.8) is 0 Å². The average molecular weight is 222 g/mol. The van der Waals surface area contributed by atoms with Crippen LogP contribution in [0.3, 0.4) is 0 Å². The van der Waals surface area contributed by atoms with Crippen LogP contribution in [-0.2, 0) is 0 Å². The molecular weight excluding hydrogens is 196 g/mol. The van der Waals surface area contributed by atoms with Gasteiger partial charge in [-0.15, -0.1) is 0 Å². The summed E-state index contributed by atoms with van der Waals surface area (Å²) in [6.07, 6.45) is 1.84. The molecule has 0 aromatic rings.